The minimum absolute atomic E-state index is 0. The topological polar surface area (TPSA) is 49.8 Å². The highest BCUT2D eigenvalue weighted by molar-refractivity contribution is 5.90. The number of aromatic carboxylic acids is 1. The molecule has 134 valence electrons. The van der Waals surface area contributed by atoms with Crippen molar-refractivity contribution in [2.75, 3.05) is 20.2 Å². The highest BCUT2D eigenvalue weighted by atomic mass is 35.5. The maximum atomic E-state index is 11.5. The molecule has 1 aliphatic rings. The highest BCUT2D eigenvalue weighted by Crippen LogP contribution is 2.33. The first-order valence-electron chi connectivity index (χ1n) is 8.35. The van der Waals surface area contributed by atoms with Crippen molar-refractivity contribution in [3.8, 4) is 5.75 Å². The second-order valence-electron chi connectivity index (χ2n) is 6.29. The molecule has 0 radical (unpaired) electrons. The molecule has 2 aromatic carbocycles. The fourth-order valence-electron chi connectivity index (χ4n) is 3.44. The molecule has 1 fully saturated rings. The first-order valence-corrected chi connectivity index (χ1v) is 8.35. The van der Waals surface area contributed by atoms with Crippen molar-refractivity contribution in [2.45, 2.75) is 25.3 Å². The Labute approximate surface area is 154 Å². The van der Waals surface area contributed by atoms with Crippen LogP contribution in [0.4, 0.5) is 0 Å². The van der Waals surface area contributed by atoms with Gasteiger partial charge in [0.05, 0.1) is 12.7 Å². The average molecular weight is 362 g/mol. The van der Waals surface area contributed by atoms with Crippen LogP contribution < -0.4 is 4.74 Å². The molecule has 1 N–H and O–H groups in total. The normalized spacial score (nSPS) is 15.4. The Balaban J connectivity index is 0.00000225. The second kappa shape index (κ2) is 8.88. The standard InChI is InChI=1S/C20H23NO3.ClH/c1-24-17-7-8-18(20(22)23)19(13-17)16-9-11-21(12-10-16)14-15-5-3-2-4-6-15;/h2-8,13,16H,9-12,14H2,1H3,(H,22,23);1H. The predicted octanol–water partition coefficient (Wildman–Crippen LogP) is 4.19. The maximum absolute atomic E-state index is 11.5. The Morgan fingerprint density at radius 3 is 2.44 bits per heavy atom. The Morgan fingerprint density at radius 2 is 1.84 bits per heavy atom. The van der Waals surface area contributed by atoms with Crippen LogP contribution >= 0.6 is 12.4 Å². The minimum Gasteiger partial charge on any atom is -0.497 e. The fraction of sp³-hybridized carbons (Fsp3) is 0.350. The number of carboxylic acid groups (broad SMARTS) is 1. The molecule has 1 saturated heterocycles. The van der Waals surface area contributed by atoms with Crippen molar-refractivity contribution in [3.05, 3.63) is 65.2 Å². The molecule has 3 rings (SSSR count). The summed E-state index contributed by atoms with van der Waals surface area (Å²) < 4.78 is 5.28. The highest BCUT2D eigenvalue weighted by Gasteiger charge is 2.25. The number of carbonyl (C=O) groups is 1. The van der Waals surface area contributed by atoms with E-state index in [1.54, 1.807) is 19.2 Å². The number of hydrogen-bond donors (Lipinski definition) is 1. The van der Waals surface area contributed by atoms with Gasteiger partial charge in [-0.05, 0) is 61.2 Å². The zero-order chi connectivity index (χ0) is 16.9. The lowest BCUT2D eigenvalue weighted by atomic mass is 9.86. The molecule has 1 heterocycles. The Kier molecular flexibility index (Phi) is 6.85. The zero-order valence-electron chi connectivity index (χ0n) is 14.4. The molecule has 0 spiro atoms. The summed E-state index contributed by atoms with van der Waals surface area (Å²) in [7, 11) is 1.61. The summed E-state index contributed by atoms with van der Waals surface area (Å²) >= 11 is 0. The van der Waals surface area contributed by atoms with Crippen LogP contribution in [-0.4, -0.2) is 36.2 Å². The molecule has 5 heteroatoms. The summed E-state index contributed by atoms with van der Waals surface area (Å²) in [5.41, 5.74) is 2.63. The van der Waals surface area contributed by atoms with Gasteiger partial charge in [0, 0.05) is 6.54 Å². The molecule has 0 saturated carbocycles. The third kappa shape index (κ3) is 4.74. The van der Waals surface area contributed by atoms with Gasteiger partial charge in [-0.3, -0.25) is 4.90 Å². The summed E-state index contributed by atoms with van der Waals surface area (Å²) in [4.78, 5) is 14.0. The summed E-state index contributed by atoms with van der Waals surface area (Å²) in [6.07, 6.45) is 1.95. The van der Waals surface area contributed by atoms with E-state index in [1.165, 1.54) is 5.56 Å². The molecule has 0 amide bonds. The van der Waals surface area contributed by atoms with Gasteiger partial charge in [0.25, 0.3) is 0 Å². The first-order chi connectivity index (χ1) is 11.7. The van der Waals surface area contributed by atoms with Gasteiger partial charge < -0.3 is 9.84 Å². The molecule has 0 aliphatic carbocycles. The predicted molar refractivity (Wildman–Crippen MR) is 101 cm³/mol. The Bertz CT molecular complexity index is 697. The monoisotopic (exact) mass is 361 g/mol. The fourth-order valence-corrected chi connectivity index (χ4v) is 3.44. The number of benzene rings is 2. The van der Waals surface area contributed by atoms with Gasteiger partial charge in [0.15, 0.2) is 0 Å². The van der Waals surface area contributed by atoms with Gasteiger partial charge in [0.1, 0.15) is 5.75 Å². The van der Waals surface area contributed by atoms with E-state index in [9.17, 15) is 9.90 Å². The lowest BCUT2D eigenvalue weighted by Crippen LogP contribution is -2.32. The molecule has 0 bridgehead atoms. The number of likely N-dealkylation sites (tertiary alicyclic amines) is 1. The van der Waals surface area contributed by atoms with Gasteiger partial charge in [-0.1, -0.05) is 30.3 Å². The van der Waals surface area contributed by atoms with Gasteiger partial charge in [-0.15, -0.1) is 12.4 Å². The summed E-state index contributed by atoms with van der Waals surface area (Å²) in [6, 6.07) is 15.7. The molecular formula is C20H24ClNO3. The van der Waals surface area contributed by atoms with E-state index in [0.29, 0.717) is 5.56 Å². The number of carboxylic acids is 1. The third-order valence-electron chi connectivity index (χ3n) is 4.77. The molecule has 1 aliphatic heterocycles. The van der Waals surface area contributed by atoms with E-state index < -0.39 is 5.97 Å². The van der Waals surface area contributed by atoms with E-state index in [0.717, 1.165) is 43.8 Å². The largest absolute Gasteiger partial charge is 0.497 e. The lowest BCUT2D eigenvalue weighted by Gasteiger charge is -2.32. The number of nitrogens with zero attached hydrogens (tertiary/aromatic N) is 1. The van der Waals surface area contributed by atoms with Crippen LogP contribution in [-0.2, 0) is 6.54 Å². The van der Waals surface area contributed by atoms with E-state index >= 15 is 0 Å². The van der Waals surface area contributed by atoms with Gasteiger partial charge in [-0.2, -0.15) is 0 Å². The number of halogens is 1. The van der Waals surface area contributed by atoms with Crippen LogP contribution in [0, 0.1) is 0 Å². The van der Waals surface area contributed by atoms with E-state index in [2.05, 4.69) is 29.2 Å². The number of ether oxygens (including phenoxy) is 1. The van der Waals surface area contributed by atoms with Crippen molar-refractivity contribution in [1.82, 2.24) is 4.90 Å². The summed E-state index contributed by atoms with van der Waals surface area (Å²) in [5, 5.41) is 9.46. The Morgan fingerprint density at radius 1 is 1.16 bits per heavy atom. The molecule has 0 unspecified atom stereocenters. The van der Waals surface area contributed by atoms with Crippen LogP contribution in [0.2, 0.25) is 0 Å². The SMILES string of the molecule is COc1ccc(C(=O)O)c(C2CCN(Cc3ccccc3)CC2)c1.Cl. The van der Waals surface area contributed by atoms with Crippen molar-refractivity contribution >= 4 is 18.4 Å². The van der Waals surface area contributed by atoms with E-state index in [4.69, 9.17) is 4.74 Å². The number of piperidine rings is 1. The lowest BCUT2D eigenvalue weighted by molar-refractivity contribution is 0.0694. The van der Waals surface area contributed by atoms with Gasteiger partial charge in [0.2, 0.25) is 0 Å². The van der Waals surface area contributed by atoms with Crippen molar-refractivity contribution < 1.29 is 14.6 Å². The first kappa shape index (κ1) is 19.3. The average Bonchev–Trinajstić information content (AvgIpc) is 2.62. The smallest absolute Gasteiger partial charge is 0.335 e. The molecule has 0 aromatic heterocycles. The van der Waals surface area contributed by atoms with Crippen LogP contribution in [0.15, 0.2) is 48.5 Å². The number of rotatable bonds is 5. The van der Waals surface area contributed by atoms with Gasteiger partial charge in [-0.25, -0.2) is 4.79 Å². The third-order valence-corrected chi connectivity index (χ3v) is 4.77. The Hall–Kier alpha value is -2.04. The van der Waals surface area contributed by atoms with Crippen molar-refractivity contribution in [3.63, 3.8) is 0 Å². The zero-order valence-corrected chi connectivity index (χ0v) is 15.2. The number of methoxy groups -OCH3 is 1. The molecular weight excluding hydrogens is 338 g/mol. The molecule has 0 atom stereocenters. The van der Waals surface area contributed by atoms with Gasteiger partial charge >= 0.3 is 5.97 Å². The molecule has 25 heavy (non-hydrogen) atoms. The van der Waals surface area contributed by atoms with Crippen LogP contribution in [0.5, 0.6) is 5.75 Å². The maximum Gasteiger partial charge on any atom is 0.335 e. The van der Waals surface area contributed by atoms with E-state index in [-0.39, 0.29) is 18.3 Å². The molecule has 2 aromatic rings. The van der Waals surface area contributed by atoms with Crippen molar-refractivity contribution in [2.24, 2.45) is 0 Å². The molecule has 4 nitrogen and oxygen atoms in total. The quantitative estimate of drug-likeness (QED) is 0.867. The summed E-state index contributed by atoms with van der Waals surface area (Å²) in [5.74, 6) is 0.138. The van der Waals surface area contributed by atoms with E-state index in [1.807, 2.05) is 12.1 Å². The van der Waals surface area contributed by atoms with Crippen LogP contribution in [0.1, 0.15) is 40.2 Å². The number of hydrogen-bond acceptors (Lipinski definition) is 3. The van der Waals surface area contributed by atoms with Crippen LogP contribution in [0.3, 0.4) is 0 Å². The second-order valence-corrected chi connectivity index (χ2v) is 6.29. The summed E-state index contributed by atoms with van der Waals surface area (Å²) in [6.45, 7) is 2.92. The van der Waals surface area contributed by atoms with Crippen LogP contribution in [0.25, 0.3) is 0 Å². The van der Waals surface area contributed by atoms with Crippen molar-refractivity contribution in [1.29, 1.82) is 0 Å². The minimum atomic E-state index is -0.862.